The van der Waals surface area contributed by atoms with Crippen LogP contribution in [0.2, 0.25) is 5.02 Å². The molecule has 1 fully saturated rings. The number of anilines is 3. The number of halogens is 1. The van der Waals surface area contributed by atoms with Crippen molar-refractivity contribution in [3.8, 4) is 5.75 Å². The highest BCUT2D eigenvalue weighted by atomic mass is 35.5. The van der Waals surface area contributed by atoms with Crippen molar-refractivity contribution in [3.05, 3.63) is 88.5 Å². The van der Waals surface area contributed by atoms with Crippen LogP contribution >= 0.6 is 11.6 Å². The van der Waals surface area contributed by atoms with E-state index in [4.69, 9.17) is 16.3 Å². The molecule has 1 aliphatic heterocycles. The van der Waals surface area contributed by atoms with Gasteiger partial charge in [-0.25, -0.2) is 0 Å². The van der Waals surface area contributed by atoms with Crippen molar-refractivity contribution in [2.24, 2.45) is 0 Å². The molecular formula is C28H28ClN3O4. The van der Waals surface area contributed by atoms with Gasteiger partial charge in [-0.05, 0) is 60.2 Å². The molecule has 3 aromatic rings. The normalized spacial score (nSPS) is 16.8. The van der Waals surface area contributed by atoms with E-state index in [2.05, 4.69) is 0 Å². The van der Waals surface area contributed by atoms with Crippen molar-refractivity contribution in [3.63, 3.8) is 0 Å². The fourth-order valence-corrected chi connectivity index (χ4v) is 4.51. The predicted molar refractivity (Wildman–Crippen MR) is 144 cm³/mol. The predicted octanol–water partition coefficient (Wildman–Crippen LogP) is 5.11. The van der Waals surface area contributed by atoms with Crippen LogP contribution in [0.15, 0.2) is 72.3 Å². The van der Waals surface area contributed by atoms with E-state index in [1.807, 2.05) is 74.4 Å². The molecule has 1 N–H and O–H groups in total. The summed E-state index contributed by atoms with van der Waals surface area (Å²) in [7, 11) is 9.20. The molecule has 7 nitrogen and oxygen atoms in total. The molecule has 1 saturated heterocycles. The number of hydrogen-bond acceptors (Lipinski definition) is 6. The summed E-state index contributed by atoms with van der Waals surface area (Å²) in [4.78, 5) is 32.1. The van der Waals surface area contributed by atoms with Gasteiger partial charge in [0.1, 0.15) is 11.5 Å². The lowest BCUT2D eigenvalue weighted by atomic mass is 9.95. The smallest absolute Gasteiger partial charge is 0.300 e. The highest BCUT2D eigenvalue weighted by Crippen LogP contribution is 2.43. The van der Waals surface area contributed by atoms with E-state index in [0.717, 1.165) is 11.4 Å². The van der Waals surface area contributed by atoms with E-state index in [1.54, 1.807) is 24.3 Å². The maximum absolute atomic E-state index is 13.4. The number of amides is 1. The molecule has 0 aromatic heterocycles. The Bertz CT molecular complexity index is 1330. The van der Waals surface area contributed by atoms with Crippen molar-refractivity contribution < 1.29 is 19.4 Å². The molecule has 0 bridgehead atoms. The van der Waals surface area contributed by atoms with Gasteiger partial charge in [-0.15, -0.1) is 0 Å². The molecule has 1 heterocycles. The second-order valence-corrected chi connectivity index (χ2v) is 9.32. The number of Topliss-reactive ketones (excluding diaryl/α,β-unsaturated/α-hetero) is 1. The lowest BCUT2D eigenvalue weighted by molar-refractivity contribution is -0.132. The number of methoxy groups -OCH3 is 1. The first-order chi connectivity index (χ1) is 17.1. The van der Waals surface area contributed by atoms with Gasteiger partial charge in [0.2, 0.25) is 0 Å². The molecule has 0 spiro atoms. The van der Waals surface area contributed by atoms with Gasteiger partial charge in [0.25, 0.3) is 11.7 Å². The zero-order valence-corrected chi connectivity index (χ0v) is 21.6. The van der Waals surface area contributed by atoms with Gasteiger partial charge < -0.3 is 19.6 Å². The van der Waals surface area contributed by atoms with Crippen LogP contribution in [0.25, 0.3) is 5.76 Å². The summed E-state index contributed by atoms with van der Waals surface area (Å²) < 4.78 is 5.20. The molecule has 1 amide bonds. The molecule has 1 aliphatic rings. The Balaban J connectivity index is 1.90. The Hall–Kier alpha value is -3.97. The highest BCUT2D eigenvalue weighted by molar-refractivity contribution is 6.51. The van der Waals surface area contributed by atoms with Crippen LogP contribution in [0.4, 0.5) is 17.1 Å². The van der Waals surface area contributed by atoms with Gasteiger partial charge in [0, 0.05) is 50.8 Å². The van der Waals surface area contributed by atoms with E-state index in [-0.39, 0.29) is 16.4 Å². The zero-order chi connectivity index (χ0) is 26.1. The maximum atomic E-state index is 13.4. The third kappa shape index (κ3) is 4.50. The van der Waals surface area contributed by atoms with Gasteiger partial charge >= 0.3 is 0 Å². The number of rotatable bonds is 6. The minimum absolute atomic E-state index is 0.00415. The van der Waals surface area contributed by atoms with Gasteiger partial charge in [-0.2, -0.15) is 0 Å². The van der Waals surface area contributed by atoms with Crippen LogP contribution in [0.5, 0.6) is 5.75 Å². The summed E-state index contributed by atoms with van der Waals surface area (Å²) in [6.07, 6.45) is 0. The number of carbonyl (C=O) groups excluding carboxylic acids is 2. The first-order valence-electron chi connectivity index (χ1n) is 11.3. The largest absolute Gasteiger partial charge is 0.507 e. The Morgan fingerprint density at radius 3 is 1.94 bits per heavy atom. The maximum Gasteiger partial charge on any atom is 0.300 e. The lowest BCUT2D eigenvalue weighted by Gasteiger charge is -2.26. The van der Waals surface area contributed by atoms with E-state index in [9.17, 15) is 14.7 Å². The van der Waals surface area contributed by atoms with Crippen LogP contribution in [0.3, 0.4) is 0 Å². The Kier molecular flexibility index (Phi) is 6.95. The molecule has 1 unspecified atom stereocenters. The van der Waals surface area contributed by atoms with E-state index in [1.165, 1.54) is 18.1 Å². The van der Waals surface area contributed by atoms with Crippen LogP contribution in [0.1, 0.15) is 17.2 Å². The molecule has 4 rings (SSSR count). The average molecular weight is 506 g/mol. The standard InChI is InChI=1S/C28H28ClN3O4/c1-30(2)19-9-6-17(7-10-19)25-24(26(33)18-8-15-23(36-5)22(29)16-18)27(34)28(35)32(25)21-13-11-20(12-14-21)31(3)4/h6-16,25,33H,1-5H3/b26-24-. The first kappa shape index (κ1) is 25.1. The van der Waals surface area contributed by atoms with Crippen molar-refractivity contribution in [2.75, 3.05) is 50.0 Å². The first-order valence-corrected chi connectivity index (χ1v) is 11.7. The summed E-state index contributed by atoms with van der Waals surface area (Å²) in [6.45, 7) is 0. The van der Waals surface area contributed by atoms with Crippen molar-refractivity contribution in [2.45, 2.75) is 6.04 Å². The Labute approximate surface area is 215 Å². The number of ether oxygens (including phenoxy) is 1. The molecule has 0 saturated carbocycles. The molecule has 1 atom stereocenters. The van der Waals surface area contributed by atoms with E-state index in [0.29, 0.717) is 22.6 Å². The lowest BCUT2D eigenvalue weighted by Crippen LogP contribution is -2.29. The van der Waals surface area contributed by atoms with Gasteiger partial charge in [-0.1, -0.05) is 23.7 Å². The average Bonchev–Trinajstić information content (AvgIpc) is 3.13. The molecule has 36 heavy (non-hydrogen) atoms. The van der Waals surface area contributed by atoms with Crippen molar-refractivity contribution in [1.29, 1.82) is 0 Å². The van der Waals surface area contributed by atoms with Crippen LogP contribution in [0, 0.1) is 0 Å². The third-order valence-corrected chi connectivity index (χ3v) is 6.53. The molecule has 0 radical (unpaired) electrons. The van der Waals surface area contributed by atoms with Gasteiger partial charge in [0.15, 0.2) is 0 Å². The second kappa shape index (κ2) is 9.95. The summed E-state index contributed by atoms with van der Waals surface area (Å²) in [5.41, 5.74) is 3.48. The quantitative estimate of drug-likeness (QED) is 0.285. The second-order valence-electron chi connectivity index (χ2n) is 8.92. The fraction of sp³-hybridized carbons (Fsp3) is 0.214. The number of aliphatic hydroxyl groups is 1. The Morgan fingerprint density at radius 2 is 1.44 bits per heavy atom. The van der Waals surface area contributed by atoms with Crippen LogP contribution < -0.4 is 19.4 Å². The van der Waals surface area contributed by atoms with Gasteiger partial charge in [-0.3, -0.25) is 14.5 Å². The SMILES string of the molecule is COc1ccc(/C(O)=C2/C(=O)C(=O)N(c3ccc(N(C)C)cc3)C2c2ccc(N(C)C)cc2)cc1Cl. The number of hydrogen-bond donors (Lipinski definition) is 1. The van der Waals surface area contributed by atoms with Crippen LogP contribution in [-0.2, 0) is 9.59 Å². The van der Waals surface area contributed by atoms with Crippen molar-refractivity contribution in [1.82, 2.24) is 0 Å². The van der Waals surface area contributed by atoms with E-state index < -0.39 is 17.7 Å². The van der Waals surface area contributed by atoms with E-state index >= 15 is 0 Å². The summed E-state index contributed by atoms with van der Waals surface area (Å²) in [5, 5.41) is 11.6. The minimum Gasteiger partial charge on any atom is -0.507 e. The zero-order valence-electron chi connectivity index (χ0n) is 20.8. The summed E-state index contributed by atoms with van der Waals surface area (Å²) in [6, 6.07) is 18.8. The van der Waals surface area contributed by atoms with Crippen LogP contribution in [-0.4, -0.2) is 52.1 Å². The minimum atomic E-state index is -0.827. The fourth-order valence-electron chi connectivity index (χ4n) is 4.25. The molecule has 0 aliphatic carbocycles. The number of ketones is 1. The third-order valence-electron chi connectivity index (χ3n) is 6.24. The highest BCUT2D eigenvalue weighted by Gasteiger charge is 2.47. The molecule has 8 heteroatoms. The molecular weight excluding hydrogens is 478 g/mol. The topological polar surface area (TPSA) is 73.3 Å². The number of carbonyl (C=O) groups is 2. The molecule has 186 valence electrons. The number of nitrogens with zero attached hydrogens (tertiary/aromatic N) is 3. The monoisotopic (exact) mass is 505 g/mol. The number of benzene rings is 3. The summed E-state index contributed by atoms with van der Waals surface area (Å²) >= 11 is 6.28. The molecule has 3 aromatic carbocycles. The Morgan fingerprint density at radius 1 is 0.889 bits per heavy atom. The summed E-state index contributed by atoms with van der Waals surface area (Å²) in [5.74, 6) is -1.34. The van der Waals surface area contributed by atoms with Crippen molar-refractivity contribution >= 4 is 46.1 Å². The van der Waals surface area contributed by atoms with Gasteiger partial charge in [0.05, 0.1) is 23.7 Å². The number of aliphatic hydroxyl groups excluding tert-OH is 1.